The quantitative estimate of drug-likeness (QED) is 0.848. The molecule has 2 aliphatic heterocycles. The lowest BCUT2D eigenvalue weighted by Gasteiger charge is -2.32. The van der Waals surface area contributed by atoms with E-state index in [0.717, 1.165) is 31.5 Å². The average molecular weight is 346 g/mol. The SMILES string of the molecule is CC(=O)CN1CCC(c2ccc(C3(F)CCC(=O)NC3=O)cc2)CC1. The molecular formula is C19H23FN2O3. The predicted octanol–water partition coefficient (Wildman–Crippen LogP) is 2.06. The molecule has 5 nitrogen and oxygen atoms in total. The summed E-state index contributed by atoms with van der Waals surface area (Å²) in [5.41, 5.74) is -0.700. The molecule has 2 heterocycles. The highest BCUT2D eigenvalue weighted by molar-refractivity contribution is 6.02. The Balaban J connectivity index is 1.66. The Bertz CT molecular complexity index is 680. The molecule has 1 aromatic carbocycles. The van der Waals surface area contributed by atoms with Gasteiger partial charge in [-0.2, -0.15) is 0 Å². The second kappa shape index (κ2) is 7.04. The zero-order valence-corrected chi connectivity index (χ0v) is 14.4. The number of hydrogen-bond acceptors (Lipinski definition) is 4. The van der Waals surface area contributed by atoms with E-state index >= 15 is 4.39 Å². The maximum Gasteiger partial charge on any atom is 0.268 e. The third kappa shape index (κ3) is 3.79. The summed E-state index contributed by atoms with van der Waals surface area (Å²) in [5, 5.41) is 2.08. The van der Waals surface area contributed by atoms with Crippen molar-refractivity contribution < 1.29 is 18.8 Å². The van der Waals surface area contributed by atoms with Crippen molar-refractivity contribution in [1.82, 2.24) is 10.2 Å². The molecule has 134 valence electrons. The lowest BCUT2D eigenvalue weighted by atomic mass is 9.84. The maximum absolute atomic E-state index is 15.0. The molecule has 1 atom stereocenters. The third-order valence-corrected chi connectivity index (χ3v) is 5.18. The Morgan fingerprint density at radius 3 is 2.44 bits per heavy atom. The Labute approximate surface area is 146 Å². The van der Waals surface area contributed by atoms with E-state index in [2.05, 4.69) is 10.2 Å². The fraction of sp³-hybridized carbons (Fsp3) is 0.526. The van der Waals surface area contributed by atoms with Gasteiger partial charge in [-0.3, -0.25) is 24.6 Å². The van der Waals surface area contributed by atoms with Crippen LogP contribution in [0.15, 0.2) is 24.3 Å². The molecule has 0 aliphatic carbocycles. The normalized spacial score (nSPS) is 25.7. The zero-order chi connectivity index (χ0) is 18.0. The van der Waals surface area contributed by atoms with E-state index < -0.39 is 17.5 Å². The first-order valence-corrected chi connectivity index (χ1v) is 8.74. The Morgan fingerprint density at radius 1 is 1.24 bits per heavy atom. The number of amides is 2. The van der Waals surface area contributed by atoms with Crippen LogP contribution in [0.3, 0.4) is 0 Å². The number of hydrogen-bond donors (Lipinski definition) is 1. The van der Waals surface area contributed by atoms with Crippen LogP contribution in [-0.2, 0) is 20.1 Å². The molecule has 2 amide bonds. The average Bonchev–Trinajstić information content (AvgIpc) is 2.59. The summed E-state index contributed by atoms with van der Waals surface area (Å²) in [6.07, 6.45) is 1.82. The molecule has 0 spiro atoms. The van der Waals surface area contributed by atoms with E-state index in [1.807, 2.05) is 12.1 Å². The van der Waals surface area contributed by atoms with Gasteiger partial charge in [0.15, 0.2) is 0 Å². The number of benzene rings is 1. The van der Waals surface area contributed by atoms with Gasteiger partial charge in [0.25, 0.3) is 5.91 Å². The molecule has 2 aliphatic rings. The van der Waals surface area contributed by atoms with Crippen molar-refractivity contribution in [3.05, 3.63) is 35.4 Å². The second-order valence-corrected chi connectivity index (χ2v) is 7.05. The van der Waals surface area contributed by atoms with Crippen LogP contribution in [0.25, 0.3) is 0 Å². The standard InChI is InChI=1S/C19H23FN2O3/c1-13(23)12-22-10-7-15(8-11-22)14-2-4-16(5-3-14)19(20)9-6-17(24)21-18(19)25/h2-5,15H,6-12H2,1H3,(H,21,24,25). The number of alkyl halides is 1. The molecule has 3 rings (SSSR count). The van der Waals surface area contributed by atoms with E-state index in [0.29, 0.717) is 18.0 Å². The van der Waals surface area contributed by atoms with E-state index in [-0.39, 0.29) is 18.6 Å². The lowest BCUT2D eigenvalue weighted by Crippen LogP contribution is -2.49. The molecule has 2 fully saturated rings. The maximum atomic E-state index is 15.0. The van der Waals surface area contributed by atoms with E-state index in [1.165, 1.54) is 0 Å². The van der Waals surface area contributed by atoms with Gasteiger partial charge in [0, 0.05) is 12.8 Å². The number of rotatable bonds is 4. The summed E-state index contributed by atoms with van der Waals surface area (Å²) < 4.78 is 15.0. The summed E-state index contributed by atoms with van der Waals surface area (Å²) in [5.74, 6) is -0.726. The van der Waals surface area contributed by atoms with Gasteiger partial charge in [0.05, 0.1) is 6.54 Å². The topological polar surface area (TPSA) is 66.5 Å². The van der Waals surface area contributed by atoms with Crippen LogP contribution < -0.4 is 5.32 Å². The van der Waals surface area contributed by atoms with Gasteiger partial charge < -0.3 is 0 Å². The lowest BCUT2D eigenvalue weighted by molar-refractivity contribution is -0.144. The summed E-state index contributed by atoms with van der Waals surface area (Å²) >= 11 is 0. The van der Waals surface area contributed by atoms with Crippen LogP contribution in [-0.4, -0.2) is 42.1 Å². The molecule has 1 aromatic rings. The van der Waals surface area contributed by atoms with Crippen LogP contribution >= 0.6 is 0 Å². The minimum atomic E-state index is -2.13. The van der Waals surface area contributed by atoms with Crippen molar-refractivity contribution in [3.63, 3.8) is 0 Å². The van der Waals surface area contributed by atoms with Gasteiger partial charge in [-0.15, -0.1) is 0 Å². The number of carbonyl (C=O) groups excluding carboxylic acids is 3. The number of halogens is 1. The van der Waals surface area contributed by atoms with E-state index in [1.54, 1.807) is 19.1 Å². The smallest absolute Gasteiger partial charge is 0.268 e. The number of likely N-dealkylation sites (tertiary alicyclic amines) is 1. The van der Waals surface area contributed by atoms with E-state index in [9.17, 15) is 14.4 Å². The van der Waals surface area contributed by atoms with Gasteiger partial charge in [0.1, 0.15) is 5.78 Å². The largest absolute Gasteiger partial charge is 0.299 e. The minimum absolute atomic E-state index is 0.0125. The number of nitrogens with zero attached hydrogens (tertiary/aromatic N) is 1. The van der Waals surface area contributed by atoms with Gasteiger partial charge in [-0.25, -0.2) is 4.39 Å². The number of nitrogens with one attached hydrogen (secondary N) is 1. The highest BCUT2D eigenvalue weighted by atomic mass is 19.1. The molecule has 1 N–H and O–H groups in total. The van der Waals surface area contributed by atoms with Crippen LogP contribution in [0.2, 0.25) is 0 Å². The van der Waals surface area contributed by atoms with Crippen molar-refractivity contribution >= 4 is 17.6 Å². The monoisotopic (exact) mass is 346 g/mol. The van der Waals surface area contributed by atoms with Crippen molar-refractivity contribution in [1.29, 1.82) is 0 Å². The minimum Gasteiger partial charge on any atom is -0.299 e. The van der Waals surface area contributed by atoms with E-state index in [4.69, 9.17) is 0 Å². The highest BCUT2D eigenvalue weighted by Gasteiger charge is 2.44. The van der Waals surface area contributed by atoms with Crippen LogP contribution in [0.1, 0.15) is 49.7 Å². The van der Waals surface area contributed by atoms with Gasteiger partial charge in [-0.05, 0) is 49.9 Å². The fourth-order valence-corrected chi connectivity index (χ4v) is 3.72. The van der Waals surface area contributed by atoms with Gasteiger partial charge in [0.2, 0.25) is 11.6 Å². The molecule has 0 bridgehead atoms. The molecule has 25 heavy (non-hydrogen) atoms. The third-order valence-electron chi connectivity index (χ3n) is 5.18. The highest BCUT2D eigenvalue weighted by Crippen LogP contribution is 2.36. The zero-order valence-electron chi connectivity index (χ0n) is 14.4. The summed E-state index contributed by atoms with van der Waals surface area (Å²) in [7, 11) is 0. The summed E-state index contributed by atoms with van der Waals surface area (Å²) in [4.78, 5) is 36.5. The first kappa shape index (κ1) is 17.7. The van der Waals surface area contributed by atoms with Gasteiger partial charge in [-0.1, -0.05) is 24.3 Å². The Hall–Kier alpha value is -2.08. The van der Waals surface area contributed by atoms with Crippen molar-refractivity contribution in [2.24, 2.45) is 0 Å². The Kier molecular flexibility index (Phi) is 4.99. The molecule has 1 unspecified atom stereocenters. The molecule has 6 heteroatoms. The van der Waals surface area contributed by atoms with Crippen molar-refractivity contribution in [2.45, 2.75) is 44.2 Å². The molecular weight excluding hydrogens is 323 g/mol. The number of Topliss-reactive ketones (excluding diaryl/α,β-unsaturated/α-hetero) is 1. The van der Waals surface area contributed by atoms with Crippen molar-refractivity contribution in [2.75, 3.05) is 19.6 Å². The summed E-state index contributed by atoms with van der Waals surface area (Å²) in [6.45, 7) is 3.86. The molecule has 0 saturated carbocycles. The fourth-order valence-electron chi connectivity index (χ4n) is 3.72. The molecule has 2 saturated heterocycles. The first-order chi connectivity index (χ1) is 11.9. The second-order valence-electron chi connectivity index (χ2n) is 7.05. The molecule has 0 aromatic heterocycles. The summed E-state index contributed by atoms with van der Waals surface area (Å²) in [6, 6.07) is 7.08. The number of imide groups is 1. The Morgan fingerprint density at radius 2 is 1.88 bits per heavy atom. The van der Waals surface area contributed by atoms with Crippen LogP contribution in [0, 0.1) is 0 Å². The van der Waals surface area contributed by atoms with Gasteiger partial charge >= 0.3 is 0 Å². The predicted molar refractivity (Wildman–Crippen MR) is 90.7 cm³/mol. The van der Waals surface area contributed by atoms with Crippen molar-refractivity contribution in [3.8, 4) is 0 Å². The number of piperidine rings is 2. The number of carbonyl (C=O) groups is 3. The number of ketones is 1. The van der Waals surface area contributed by atoms with Crippen LogP contribution in [0.5, 0.6) is 0 Å². The van der Waals surface area contributed by atoms with Crippen LogP contribution in [0.4, 0.5) is 4.39 Å². The first-order valence-electron chi connectivity index (χ1n) is 8.74. The molecule has 0 radical (unpaired) electrons.